The predicted octanol–water partition coefficient (Wildman–Crippen LogP) is 10.2. The summed E-state index contributed by atoms with van der Waals surface area (Å²) >= 11 is 0. The van der Waals surface area contributed by atoms with Crippen LogP contribution >= 0.6 is 0 Å². The number of hydrogen-bond acceptors (Lipinski definition) is 2. The Labute approximate surface area is 296 Å². The van der Waals surface area contributed by atoms with Crippen LogP contribution in [-0.2, 0) is 5.92 Å². The topological polar surface area (TPSA) is 18.5 Å². The summed E-state index contributed by atoms with van der Waals surface area (Å²) in [6.45, 7) is 0. The molecule has 57 heavy (non-hydrogen) atoms. The maximum atomic E-state index is 16.0. The Morgan fingerprint density at radius 3 is 0.982 bits per heavy atom. The van der Waals surface area contributed by atoms with Gasteiger partial charge < -0.3 is 9.31 Å². The number of halogens is 23. The molecule has 0 amide bonds. The molecule has 0 bridgehead atoms. The van der Waals surface area contributed by atoms with Crippen LogP contribution in [0.15, 0.2) is 0 Å². The average Bonchev–Trinajstić information content (AvgIpc) is 3.42. The molecular weight excluding hydrogens is 852 g/mol. The predicted molar refractivity (Wildman–Crippen MR) is 139 cm³/mol. The second-order valence-corrected chi connectivity index (χ2v) is 11.1. The molecule has 0 saturated heterocycles. The van der Waals surface area contributed by atoms with Gasteiger partial charge in [-0.15, -0.1) is 0 Å². The van der Waals surface area contributed by atoms with Crippen molar-refractivity contribution >= 4 is 12.6 Å². The summed E-state index contributed by atoms with van der Waals surface area (Å²) in [5, 5.41) is 0. The van der Waals surface area contributed by atoms with Crippen molar-refractivity contribution in [2.45, 2.75) is 5.92 Å². The summed E-state index contributed by atoms with van der Waals surface area (Å²) in [4.78, 5) is 0. The molecule has 0 unspecified atom stereocenters. The van der Waals surface area contributed by atoms with Crippen molar-refractivity contribution < 1.29 is 110 Å². The first-order chi connectivity index (χ1) is 26.3. The number of rotatable bonds is 6. The molecule has 0 N–H and O–H groups in total. The molecule has 0 atom stereocenters. The summed E-state index contributed by atoms with van der Waals surface area (Å²) in [5.74, 6) is -79.7. The second-order valence-electron chi connectivity index (χ2n) is 11.1. The van der Waals surface area contributed by atoms with Crippen molar-refractivity contribution in [1.82, 2.24) is 0 Å². The van der Waals surface area contributed by atoms with Crippen LogP contribution < -0.4 is 14.8 Å². The molecule has 26 heteroatoms. The van der Waals surface area contributed by atoms with Crippen LogP contribution in [-0.4, -0.2) is 7.12 Å². The lowest BCUT2D eigenvalue weighted by atomic mass is 9.72. The van der Waals surface area contributed by atoms with Crippen LogP contribution in [0.4, 0.5) is 101 Å². The van der Waals surface area contributed by atoms with E-state index in [0.717, 1.165) is 0 Å². The van der Waals surface area contributed by atoms with Crippen LogP contribution in [0, 0.1) is 122 Å². The fourth-order valence-corrected chi connectivity index (χ4v) is 5.56. The third kappa shape index (κ3) is 5.44. The molecule has 6 rings (SSSR count). The van der Waals surface area contributed by atoms with Gasteiger partial charge in [-0.3, -0.25) is 0 Å². The molecule has 0 spiro atoms. The quantitative estimate of drug-likeness (QED) is 0.0734. The molecule has 0 aliphatic heterocycles. The van der Waals surface area contributed by atoms with Gasteiger partial charge in [0.2, 0.25) is 46.5 Å². The number of fused-ring (bicyclic) bond motifs is 3. The normalized spacial score (nSPS) is 13.0. The van der Waals surface area contributed by atoms with Crippen molar-refractivity contribution in [2.75, 3.05) is 0 Å². The van der Waals surface area contributed by atoms with Gasteiger partial charge in [0, 0.05) is 16.7 Å². The molecule has 300 valence electrons. The van der Waals surface area contributed by atoms with Gasteiger partial charge in [-0.05, 0) is 0 Å². The van der Waals surface area contributed by atoms with E-state index in [1.54, 1.807) is 0 Å². The van der Waals surface area contributed by atoms with Gasteiger partial charge in [-0.1, -0.05) is 0 Å². The SMILES string of the molecule is Fc1c(F)c(F)c(OB(Oc2c(F)c(F)c(F)c(F)c2-c2c(F)c(F)c(F)c(F)c2F)c2c(F)c(F)c(F)c3c2C(F)(F)c2c(F)c(F)c(F)c(F)c2-3)c(F)c1F. The first-order valence-corrected chi connectivity index (χ1v) is 14.0. The zero-order valence-corrected chi connectivity index (χ0v) is 25.6. The minimum atomic E-state index is -5.92. The molecule has 5 aromatic carbocycles. The van der Waals surface area contributed by atoms with Crippen molar-refractivity contribution in [3.05, 3.63) is 133 Å². The Morgan fingerprint density at radius 2 is 0.544 bits per heavy atom. The molecule has 0 saturated carbocycles. The lowest BCUT2D eigenvalue weighted by molar-refractivity contribution is 0.0433. The zero-order chi connectivity index (χ0) is 42.8. The molecule has 5 aromatic rings. The highest BCUT2D eigenvalue weighted by atomic mass is 19.3. The molecule has 0 heterocycles. The third-order valence-electron chi connectivity index (χ3n) is 8.04. The summed E-state index contributed by atoms with van der Waals surface area (Å²) in [5.41, 5.74) is -20.0. The highest BCUT2D eigenvalue weighted by Crippen LogP contribution is 2.55. The van der Waals surface area contributed by atoms with Gasteiger partial charge >= 0.3 is 13.0 Å². The first-order valence-electron chi connectivity index (χ1n) is 14.0. The van der Waals surface area contributed by atoms with Crippen LogP contribution in [0.25, 0.3) is 22.3 Å². The lowest BCUT2D eigenvalue weighted by Gasteiger charge is -2.25. The van der Waals surface area contributed by atoms with Gasteiger partial charge in [0.05, 0.1) is 22.2 Å². The van der Waals surface area contributed by atoms with Crippen molar-refractivity contribution in [3.8, 4) is 33.8 Å². The minimum Gasteiger partial charge on any atom is -0.519 e. The summed E-state index contributed by atoms with van der Waals surface area (Å²) < 4.78 is 348. The standard InChI is InChI=1S/C31BF23O2/c33-8-1-2-6(13(38)20(45)16(41)9(2)34)31(54,55)5(1)7(14(39)15(8)40)32(57-30-27(52)24(49)22(47)25(50)28(30)53)56-29-4(12(37)19(44)23(48)26(29)51)3-10(35)17(42)21(46)18(43)11(3)36. The Morgan fingerprint density at radius 1 is 0.263 bits per heavy atom. The van der Waals surface area contributed by atoms with E-state index in [1.165, 1.54) is 0 Å². The molecule has 0 fully saturated rings. The van der Waals surface area contributed by atoms with E-state index in [9.17, 15) is 70.2 Å². The van der Waals surface area contributed by atoms with E-state index in [2.05, 4.69) is 9.31 Å². The maximum absolute atomic E-state index is 16.0. The van der Waals surface area contributed by atoms with Gasteiger partial charge in [0.1, 0.15) is 0 Å². The second kappa shape index (κ2) is 13.4. The van der Waals surface area contributed by atoms with E-state index in [0.29, 0.717) is 0 Å². The molecular formula is C31BF23O2. The third-order valence-corrected chi connectivity index (χ3v) is 8.04. The summed E-state index contributed by atoms with van der Waals surface area (Å²) in [6.07, 6.45) is 0. The first kappa shape index (κ1) is 40.8. The van der Waals surface area contributed by atoms with Crippen molar-refractivity contribution in [3.63, 3.8) is 0 Å². The number of hydrogen-bond donors (Lipinski definition) is 0. The highest BCUT2D eigenvalue weighted by molar-refractivity contribution is 6.64. The number of alkyl halides is 2. The van der Waals surface area contributed by atoms with Crippen LogP contribution in [0.1, 0.15) is 11.1 Å². The number of benzene rings is 5. The van der Waals surface area contributed by atoms with E-state index >= 15 is 30.7 Å². The van der Waals surface area contributed by atoms with Crippen LogP contribution in [0.3, 0.4) is 0 Å². The fraction of sp³-hybridized carbons (Fsp3) is 0.0323. The average molecular weight is 852 g/mol. The molecule has 1 aliphatic rings. The smallest absolute Gasteiger partial charge is 0.519 e. The van der Waals surface area contributed by atoms with E-state index in [1.807, 2.05) is 0 Å². The van der Waals surface area contributed by atoms with Crippen molar-refractivity contribution in [1.29, 1.82) is 0 Å². The van der Waals surface area contributed by atoms with Gasteiger partial charge in [-0.25, -0.2) is 79.0 Å². The van der Waals surface area contributed by atoms with Crippen LogP contribution in [0.2, 0.25) is 0 Å². The zero-order valence-electron chi connectivity index (χ0n) is 25.6. The van der Waals surface area contributed by atoms with Gasteiger partial charge in [0.25, 0.3) is 0 Å². The summed E-state index contributed by atoms with van der Waals surface area (Å²) in [7, 11) is -4.55. The fourth-order valence-electron chi connectivity index (χ4n) is 5.56. The van der Waals surface area contributed by atoms with E-state index < -0.39 is 186 Å². The Balaban J connectivity index is 1.80. The molecule has 0 radical (unpaired) electrons. The lowest BCUT2D eigenvalue weighted by Crippen LogP contribution is -2.49. The van der Waals surface area contributed by atoms with Gasteiger partial charge in [-0.2, -0.15) is 22.0 Å². The maximum Gasteiger partial charge on any atom is 0.636 e. The molecule has 0 aromatic heterocycles. The Bertz CT molecular complexity index is 2590. The van der Waals surface area contributed by atoms with E-state index in [4.69, 9.17) is 0 Å². The monoisotopic (exact) mass is 852 g/mol. The highest BCUT2D eigenvalue weighted by Gasteiger charge is 2.57. The van der Waals surface area contributed by atoms with Gasteiger partial charge in [0.15, 0.2) is 87.1 Å². The largest absolute Gasteiger partial charge is 0.636 e. The molecule has 2 nitrogen and oxygen atoms in total. The van der Waals surface area contributed by atoms with E-state index in [-0.39, 0.29) is 0 Å². The van der Waals surface area contributed by atoms with Crippen molar-refractivity contribution in [2.24, 2.45) is 0 Å². The Kier molecular flexibility index (Phi) is 9.58. The minimum absolute atomic E-state index is 2.56. The molecule has 1 aliphatic carbocycles. The Hall–Kier alpha value is -5.85. The van der Waals surface area contributed by atoms with Crippen LogP contribution in [0.5, 0.6) is 11.5 Å². The summed E-state index contributed by atoms with van der Waals surface area (Å²) in [6, 6.07) is 0.